The minimum atomic E-state index is -2.55. The van der Waals surface area contributed by atoms with Crippen molar-refractivity contribution in [3.05, 3.63) is 59.2 Å². The number of hydrogen-bond donors (Lipinski definition) is 1. The van der Waals surface area contributed by atoms with Crippen LogP contribution in [0.15, 0.2) is 36.4 Å². The van der Waals surface area contributed by atoms with Gasteiger partial charge in [0.15, 0.2) is 11.0 Å². The van der Waals surface area contributed by atoms with Crippen LogP contribution in [0.25, 0.3) is 0 Å². The largest absolute Gasteiger partial charge is 0.459 e. The molecule has 2 aromatic rings. The van der Waals surface area contributed by atoms with Crippen LogP contribution in [-0.4, -0.2) is 42.0 Å². The van der Waals surface area contributed by atoms with Crippen molar-refractivity contribution in [1.29, 1.82) is 10.5 Å². The Labute approximate surface area is 227 Å². The van der Waals surface area contributed by atoms with Crippen LogP contribution >= 0.6 is 12.2 Å². The highest BCUT2D eigenvalue weighted by Crippen LogP contribution is 2.67. The van der Waals surface area contributed by atoms with Crippen LogP contribution in [0.4, 0.5) is 20.2 Å². The molecule has 5 rings (SSSR count). The van der Waals surface area contributed by atoms with Crippen molar-refractivity contribution in [3.63, 3.8) is 0 Å². The number of anilines is 2. The number of halogens is 2. The van der Waals surface area contributed by atoms with E-state index in [1.54, 1.807) is 20.8 Å². The third-order valence-electron chi connectivity index (χ3n) is 7.38. The Kier molecular flexibility index (Phi) is 5.40. The maximum absolute atomic E-state index is 14.9. The molecule has 0 bridgehead atoms. The van der Waals surface area contributed by atoms with Gasteiger partial charge in [-0.25, -0.2) is 8.78 Å². The first-order valence-corrected chi connectivity index (χ1v) is 12.2. The lowest BCUT2D eigenvalue weighted by Crippen LogP contribution is -2.65. The van der Waals surface area contributed by atoms with Crippen LogP contribution in [0.1, 0.15) is 31.9 Å². The van der Waals surface area contributed by atoms with Gasteiger partial charge in [0, 0.05) is 29.5 Å². The Morgan fingerprint density at radius 3 is 2.15 bits per heavy atom. The van der Waals surface area contributed by atoms with E-state index in [1.165, 1.54) is 19.2 Å². The number of fused-ring (bicyclic) bond motifs is 5. The van der Waals surface area contributed by atoms with E-state index in [0.29, 0.717) is 0 Å². The Bertz CT molecular complexity index is 1590. The lowest BCUT2D eigenvalue weighted by molar-refractivity contribution is -0.153. The molecule has 3 heterocycles. The highest BCUT2D eigenvalue weighted by atomic mass is 32.1. The molecule has 2 atom stereocenters. The summed E-state index contributed by atoms with van der Waals surface area (Å²) < 4.78 is 35.0. The number of thiocarbonyl (C=S) groups is 1. The molecule has 12 heteroatoms. The van der Waals surface area contributed by atoms with Crippen LogP contribution in [0.5, 0.6) is 0 Å². The lowest BCUT2D eigenvalue weighted by Gasteiger charge is -2.41. The maximum atomic E-state index is 14.9. The van der Waals surface area contributed by atoms with Gasteiger partial charge in [-0.15, -0.1) is 0 Å². The quantitative estimate of drug-likeness (QED) is 0.448. The van der Waals surface area contributed by atoms with Crippen LogP contribution in [0.2, 0.25) is 0 Å². The topological polar surface area (TPSA) is 127 Å². The van der Waals surface area contributed by atoms with Gasteiger partial charge in [0.1, 0.15) is 28.8 Å². The number of carbonyl (C=O) groups excluding carboxylic acids is 3. The Morgan fingerprint density at radius 2 is 1.59 bits per heavy atom. The summed E-state index contributed by atoms with van der Waals surface area (Å²) in [6.45, 7) is 4.21. The minimum Gasteiger partial charge on any atom is -0.459 e. The van der Waals surface area contributed by atoms with Gasteiger partial charge < -0.3 is 15.0 Å². The molecule has 2 spiro atoms. The summed E-state index contributed by atoms with van der Waals surface area (Å²) in [5.74, 6) is -4.28. The second-order valence-electron chi connectivity index (χ2n) is 10.6. The summed E-state index contributed by atoms with van der Waals surface area (Å²) in [4.78, 5) is 43.4. The molecule has 3 aliphatic rings. The van der Waals surface area contributed by atoms with Crippen LogP contribution < -0.4 is 15.1 Å². The number of nitriles is 2. The highest BCUT2D eigenvalue weighted by molar-refractivity contribution is 7.80. The number of rotatable bonds is 2. The monoisotopic (exact) mass is 549 g/mol. The number of nitrogens with one attached hydrogen (secondary N) is 1. The van der Waals surface area contributed by atoms with Crippen molar-refractivity contribution in [3.8, 4) is 12.1 Å². The number of benzene rings is 2. The van der Waals surface area contributed by atoms with Crippen molar-refractivity contribution < 1.29 is 27.9 Å². The molecule has 1 fully saturated rings. The predicted octanol–water partition coefficient (Wildman–Crippen LogP) is 2.73. The third-order valence-corrected chi connectivity index (χ3v) is 7.79. The first-order valence-electron chi connectivity index (χ1n) is 11.8. The first-order chi connectivity index (χ1) is 18.2. The number of carbonyl (C=O) groups is 3. The smallest absolute Gasteiger partial charge is 0.326 e. The Hall–Kier alpha value is -4.42. The second kappa shape index (κ2) is 8.04. The Morgan fingerprint density at radius 1 is 1.03 bits per heavy atom. The summed E-state index contributed by atoms with van der Waals surface area (Å²) >= 11 is 5.46. The molecule has 198 valence electrons. The maximum Gasteiger partial charge on any atom is 0.326 e. The van der Waals surface area contributed by atoms with E-state index in [0.717, 1.165) is 34.1 Å². The SMILES string of the molecule is CN1C(=O)[C@]2(NC(=S)C(C#N)(C#N)[C@]23C(=O)N(CC(=O)OC(C)(C)C)c2ccc(F)cc23)c2cc(F)ccc21. The molecule has 2 amide bonds. The van der Waals surface area contributed by atoms with Gasteiger partial charge in [-0.3, -0.25) is 19.3 Å². The average Bonchev–Trinajstić information content (AvgIpc) is 3.33. The summed E-state index contributed by atoms with van der Waals surface area (Å²) in [6, 6.07) is 10.3. The van der Waals surface area contributed by atoms with Gasteiger partial charge in [-0.2, -0.15) is 10.5 Å². The van der Waals surface area contributed by atoms with E-state index in [4.69, 9.17) is 17.0 Å². The minimum absolute atomic E-state index is 0.0201. The molecule has 3 aliphatic heterocycles. The molecule has 39 heavy (non-hydrogen) atoms. The molecular formula is C27H21F2N5O4S. The number of likely N-dealkylation sites (N-methyl/N-ethyl adjacent to an activating group) is 1. The summed E-state index contributed by atoms with van der Waals surface area (Å²) in [6.07, 6.45) is 0. The van der Waals surface area contributed by atoms with E-state index >= 15 is 0 Å². The van der Waals surface area contributed by atoms with Gasteiger partial charge in [0.05, 0.1) is 12.1 Å². The zero-order valence-electron chi connectivity index (χ0n) is 21.3. The van der Waals surface area contributed by atoms with Crippen molar-refractivity contribution in [2.45, 2.75) is 37.3 Å². The van der Waals surface area contributed by atoms with Gasteiger partial charge in [-0.1, -0.05) is 12.2 Å². The molecule has 0 radical (unpaired) electrons. The fourth-order valence-corrected chi connectivity index (χ4v) is 6.42. The summed E-state index contributed by atoms with van der Waals surface area (Å²) in [5.41, 5.74) is -8.42. The normalized spacial score (nSPS) is 24.5. The molecule has 0 unspecified atom stereocenters. The molecule has 1 saturated heterocycles. The number of amides is 2. The standard InChI is InChI=1S/C27H21F2N5O4S/c1-24(2,3)38-20(35)11-34-19-8-6-14(28)9-16(19)26(22(34)36)25(12-30,13-31)21(39)32-27(26)17-10-15(29)5-7-18(17)33(4)23(27)37/h5-10H,11H2,1-4H3,(H,32,39)/t26-,27+/m0/s1. The van der Waals surface area contributed by atoms with Gasteiger partial charge in [0.25, 0.3) is 5.91 Å². The van der Waals surface area contributed by atoms with E-state index in [-0.39, 0.29) is 22.5 Å². The fraction of sp³-hybridized carbons (Fsp3) is 0.333. The van der Waals surface area contributed by atoms with E-state index in [2.05, 4.69) is 5.32 Å². The molecule has 2 aromatic carbocycles. The number of esters is 1. The first kappa shape index (κ1) is 26.2. The van der Waals surface area contributed by atoms with Crippen molar-refractivity contribution in [1.82, 2.24) is 5.32 Å². The molecule has 0 aromatic heterocycles. The Balaban J connectivity index is 1.90. The van der Waals surface area contributed by atoms with Gasteiger partial charge >= 0.3 is 5.97 Å². The predicted molar refractivity (Wildman–Crippen MR) is 137 cm³/mol. The van der Waals surface area contributed by atoms with Gasteiger partial charge in [-0.05, 0) is 57.2 Å². The summed E-state index contributed by atoms with van der Waals surface area (Å²) in [5, 5.41) is 23.7. The number of nitrogens with zero attached hydrogens (tertiary/aromatic N) is 4. The molecule has 9 nitrogen and oxygen atoms in total. The molecule has 0 saturated carbocycles. The van der Waals surface area contributed by atoms with Crippen LogP contribution in [-0.2, 0) is 30.1 Å². The van der Waals surface area contributed by atoms with E-state index in [9.17, 15) is 33.7 Å². The van der Waals surface area contributed by atoms with Crippen molar-refractivity contribution in [2.24, 2.45) is 5.41 Å². The molecular weight excluding hydrogens is 528 g/mol. The van der Waals surface area contributed by atoms with E-state index < -0.39 is 62.9 Å². The summed E-state index contributed by atoms with van der Waals surface area (Å²) in [7, 11) is 1.38. The van der Waals surface area contributed by atoms with Crippen molar-refractivity contribution in [2.75, 3.05) is 23.4 Å². The van der Waals surface area contributed by atoms with Crippen molar-refractivity contribution >= 4 is 46.4 Å². The third kappa shape index (κ3) is 3.00. The highest BCUT2D eigenvalue weighted by Gasteiger charge is 2.84. The fourth-order valence-electron chi connectivity index (χ4n) is 6.02. The zero-order valence-corrected chi connectivity index (χ0v) is 22.1. The lowest BCUT2D eigenvalue weighted by atomic mass is 9.53. The van der Waals surface area contributed by atoms with Gasteiger partial charge in [0.2, 0.25) is 11.3 Å². The number of ether oxygens (including phenoxy) is 1. The number of hydrogen-bond acceptors (Lipinski definition) is 7. The second-order valence-corrected chi connectivity index (χ2v) is 11.0. The average molecular weight is 550 g/mol. The van der Waals surface area contributed by atoms with E-state index in [1.807, 2.05) is 12.1 Å². The van der Waals surface area contributed by atoms with Crippen LogP contribution in [0, 0.1) is 39.7 Å². The van der Waals surface area contributed by atoms with Crippen LogP contribution in [0.3, 0.4) is 0 Å². The molecule has 1 N–H and O–H groups in total. The zero-order chi connectivity index (χ0) is 28.7. The molecule has 0 aliphatic carbocycles.